The largest absolute Gasteiger partial charge is 0.356 e. The Hall–Kier alpha value is -0.570. The molecule has 0 spiro atoms. The Kier molecular flexibility index (Phi) is 8.11. The molecule has 112 valence electrons. The van der Waals surface area contributed by atoms with E-state index >= 15 is 0 Å². The molecule has 3 nitrogen and oxygen atoms in total. The van der Waals surface area contributed by atoms with Crippen molar-refractivity contribution >= 4 is 5.91 Å². The van der Waals surface area contributed by atoms with E-state index in [9.17, 15) is 4.79 Å². The first-order valence-electron chi connectivity index (χ1n) is 8.07. The van der Waals surface area contributed by atoms with Crippen LogP contribution in [-0.4, -0.2) is 26.0 Å². The number of carbonyl (C=O) groups is 1. The van der Waals surface area contributed by atoms with Crippen LogP contribution < -0.4 is 10.6 Å². The molecule has 0 radical (unpaired) electrons. The summed E-state index contributed by atoms with van der Waals surface area (Å²) < 4.78 is 0. The van der Waals surface area contributed by atoms with Gasteiger partial charge < -0.3 is 10.6 Å². The summed E-state index contributed by atoms with van der Waals surface area (Å²) in [7, 11) is 1.95. The third kappa shape index (κ3) is 6.42. The fourth-order valence-electron chi connectivity index (χ4n) is 3.07. The Morgan fingerprint density at radius 3 is 2.42 bits per heavy atom. The topological polar surface area (TPSA) is 41.1 Å². The van der Waals surface area contributed by atoms with E-state index in [-0.39, 0.29) is 11.8 Å². The molecule has 19 heavy (non-hydrogen) atoms. The van der Waals surface area contributed by atoms with Gasteiger partial charge in [-0.25, -0.2) is 0 Å². The first-order valence-corrected chi connectivity index (χ1v) is 8.07. The van der Waals surface area contributed by atoms with E-state index in [1.807, 2.05) is 7.05 Å². The van der Waals surface area contributed by atoms with Gasteiger partial charge in [0.1, 0.15) is 0 Å². The molecule has 0 heterocycles. The molecule has 0 aliphatic heterocycles. The van der Waals surface area contributed by atoms with Crippen molar-refractivity contribution in [1.82, 2.24) is 10.6 Å². The number of hydrogen-bond acceptors (Lipinski definition) is 2. The van der Waals surface area contributed by atoms with Crippen LogP contribution in [0.4, 0.5) is 0 Å². The Balaban J connectivity index is 2.35. The monoisotopic (exact) mass is 268 g/mol. The molecule has 0 aromatic carbocycles. The second kappa shape index (κ2) is 9.35. The lowest BCUT2D eigenvalue weighted by Gasteiger charge is -2.28. The number of hydrogen-bond donors (Lipinski definition) is 2. The molecule has 1 unspecified atom stereocenters. The van der Waals surface area contributed by atoms with Crippen LogP contribution in [0.5, 0.6) is 0 Å². The zero-order valence-corrected chi connectivity index (χ0v) is 13.0. The van der Waals surface area contributed by atoms with Crippen LogP contribution in [0.3, 0.4) is 0 Å². The fraction of sp³-hybridized carbons (Fsp3) is 0.938. The highest BCUT2D eigenvalue weighted by molar-refractivity contribution is 5.78. The molecule has 1 fully saturated rings. The van der Waals surface area contributed by atoms with Gasteiger partial charge in [-0.2, -0.15) is 0 Å². The average Bonchev–Trinajstić information content (AvgIpc) is 2.41. The predicted octanol–water partition coefficient (Wildman–Crippen LogP) is 2.95. The lowest BCUT2D eigenvalue weighted by Crippen LogP contribution is -2.36. The molecule has 1 aliphatic rings. The predicted molar refractivity (Wildman–Crippen MR) is 81.1 cm³/mol. The van der Waals surface area contributed by atoms with Crippen LogP contribution in [0, 0.1) is 17.8 Å². The summed E-state index contributed by atoms with van der Waals surface area (Å²) in [6.45, 7) is 6.13. The van der Waals surface area contributed by atoms with Crippen molar-refractivity contribution in [3.63, 3.8) is 0 Å². The second-order valence-electron chi connectivity index (χ2n) is 6.34. The molecule has 3 heteroatoms. The SMILES string of the molecule is CNCCCNC(=O)C(CC1CCCCC1)C(C)C. The van der Waals surface area contributed by atoms with Gasteiger partial charge in [0, 0.05) is 12.5 Å². The van der Waals surface area contributed by atoms with Gasteiger partial charge in [-0.1, -0.05) is 46.0 Å². The zero-order chi connectivity index (χ0) is 14.1. The van der Waals surface area contributed by atoms with Gasteiger partial charge in [-0.3, -0.25) is 4.79 Å². The minimum absolute atomic E-state index is 0.206. The Morgan fingerprint density at radius 1 is 1.16 bits per heavy atom. The van der Waals surface area contributed by atoms with Gasteiger partial charge in [-0.05, 0) is 38.3 Å². The number of carbonyl (C=O) groups excluding carboxylic acids is 1. The van der Waals surface area contributed by atoms with Gasteiger partial charge in [0.05, 0.1) is 0 Å². The molecular formula is C16H32N2O. The normalized spacial score (nSPS) is 18.5. The maximum atomic E-state index is 12.3. The van der Waals surface area contributed by atoms with Crippen molar-refractivity contribution in [1.29, 1.82) is 0 Å². The van der Waals surface area contributed by atoms with Crippen molar-refractivity contribution in [3.05, 3.63) is 0 Å². The van der Waals surface area contributed by atoms with Crippen LogP contribution in [0.15, 0.2) is 0 Å². The summed E-state index contributed by atoms with van der Waals surface area (Å²) in [5.74, 6) is 1.71. The molecule has 0 aromatic heterocycles. The van der Waals surface area contributed by atoms with Gasteiger partial charge in [-0.15, -0.1) is 0 Å². The average molecular weight is 268 g/mol. The Labute approximate surface area is 118 Å². The second-order valence-corrected chi connectivity index (χ2v) is 6.34. The van der Waals surface area contributed by atoms with E-state index in [1.165, 1.54) is 32.1 Å². The highest BCUT2D eigenvalue weighted by Crippen LogP contribution is 2.31. The summed E-state index contributed by atoms with van der Waals surface area (Å²) in [5.41, 5.74) is 0. The molecule has 0 aromatic rings. The van der Waals surface area contributed by atoms with Crippen LogP contribution in [-0.2, 0) is 4.79 Å². The van der Waals surface area contributed by atoms with Crippen molar-refractivity contribution in [3.8, 4) is 0 Å². The van der Waals surface area contributed by atoms with E-state index in [4.69, 9.17) is 0 Å². The zero-order valence-electron chi connectivity index (χ0n) is 13.0. The lowest BCUT2D eigenvalue weighted by molar-refractivity contribution is -0.127. The Morgan fingerprint density at radius 2 is 1.84 bits per heavy atom. The smallest absolute Gasteiger partial charge is 0.223 e. The molecular weight excluding hydrogens is 236 g/mol. The quantitative estimate of drug-likeness (QED) is 0.665. The van der Waals surface area contributed by atoms with Crippen molar-refractivity contribution in [2.45, 2.75) is 58.8 Å². The van der Waals surface area contributed by atoms with Gasteiger partial charge in [0.2, 0.25) is 5.91 Å². The molecule has 0 bridgehead atoms. The van der Waals surface area contributed by atoms with E-state index < -0.39 is 0 Å². The maximum absolute atomic E-state index is 12.3. The van der Waals surface area contributed by atoms with E-state index in [2.05, 4.69) is 24.5 Å². The van der Waals surface area contributed by atoms with Crippen LogP contribution >= 0.6 is 0 Å². The van der Waals surface area contributed by atoms with E-state index in [0.717, 1.165) is 31.8 Å². The highest BCUT2D eigenvalue weighted by atomic mass is 16.1. The molecule has 2 N–H and O–H groups in total. The van der Waals surface area contributed by atoms with Gasteiger partial charge in [0.15, 0.2) is 0 Å². The summed E-state index contributed by atoms with van der Waals surface area (Å²) in [5, 5.41) is 6.22. The minimum Gasteiger partial charge on any atom is -0.356 e. The first-order chi connectivity index (χ1) is 9.15. The van der Waals surface area contributed by atoms with Gasteiger partial charge >= 0.3 is 0 Å². The van der Waals surface area contributed by atoms with E-state index in [1.54, 1.807) is 0 Å². The van der Waals surface area contributed by atoms with Crippen LogP contribution in [0.2, 0.25) is 0 Å². The molecule has 1 rings (SSSR count). The van der Waals surface area contributed by atoms with Crippen LogP contribution in [0.1, 0.15) is 58.8 Å². The van der Waals surface area contributed by atoms with Gasteiger partial charge in [0.25, 0.3) is 0 Å². The van der Waals surface area contributed by atoms with Crippen molar-refractivity contribution < 1.29 is 4.79 Å². The third-order valence-corrected chi connectivity index (χ3v) is 4.36. The molecule has 1 atom stereocenters. The molecule has 0 saturated heterocycles. The third-order valence-electron chi connectivity index (χ3n) is 4.36. The minimum atomic E-state index is 0.206. The Bertz CT molecular complexity index is 247. The lowest BCUT2D eigenvalue weighted by atomic mass is 9.79. The highest BCUT2D eigenvalue weighted by Gasteiger charge is 2.26. The summed E-state index contributed by atoms with van der Waals surface area (Å²) in [6, 6.07) is 0. The number of rotatable bonds is 8. The number of amides is 1. The van der Waals surface area contributed by atoms with E-state index in [0.29, 0.717) is 5.92 Å². The summed E-state index contributed by atoms with van der Waals surface area (Å²) in [4.78, 5) is 12.3. The standard InChI is InChI=1S/C16H32N2O/c1-13(2)15(12-14-8-5-4-6-9-14)16(19)18-11-7-10-17-3/h13-15,17H,4-12H2,1-3H3,(H,18,19). The number of nitrogens with one attached hydrogen (secondary N) is 2. The maximum Gasteiger partial charge on any atom is 0.223 e. The van der Waals surface area contributed by atoms with Crippen LogP contribution in [0.25, 0.3) is 0 Å². The fourth-order valence-corrected chi connectivity index (χ4v) is 3.07. The van der Waals surface area contributed by atoms with Crippen molar-refractivity contribution in [2.24, 2.45) is 17.8 Å². The molecule has 1 amide bonds. The molecule has 1 aliphatic carbocycles. The first kappa shape index (κ1) is 16.5. The summed E-state index contributed by atoms with van der Waals surface area (Å²) >= 11 is 0. The molecule has 1 saturated carbocycles. The summed E-state index contributed by atoms with van der Waals surface area (Å²) in [6.07, 6.45) is 8.87. The van der Waals surface area contributed by atoms with Crippen molar-refractivity contribution in [2.75, 3.05) is 20.1 Å².